The van der Waals surface area contributed by atoms with Gasteiger partial charge in [-0.05, 0) is 37.2 Å². The van der Waals surface area contributed by atoms with Gasteiger partial charge in [0.2, 0.25) is 0 Å². The van der Waals surface area contributed by atoms with Crippen molar-refractivity contribution in [3.05, 3.63) is 54.1 Å². The SMILES string of the molecule is CCCNCC(O)COc1ccccc1-c1cc2c(C=O)cccc2[nH]1. The molecule has 0 aliphatic heterocycles. The van der Waals surface area contributed by atoms with Gasteiger partial charge in [-0.15, -0.1) is 0 Å². The third-order valence-corrected chi connectivity index (χ3v) is 4.24. The molecular weight excluding hydrogens is 328 g/mol. The lowest BCUT2D eigenvalue weighted by molar-refractivity contribution is 0.107. The number of hydrogen-bond donors (Lipinski definition) is 3. The number of benzene rings is 2. The molecule has 3 rings (SSSR count). The first-order chi connectivity index (χ1) is 12.7. The molecule has 1 unspecified atom stereocenters. The van der Waals surface area contributed by atoms with Crippen molar-refractivity contribution in [1.29, 1.82) is 0 Å². The monoisotopic (exact) mass is 352 g/mol. The van der Waals surface area contributed by atoms with Crippen LogP contribution in [-0.2, 0) is 0 Å². The first-order valence-corrected chi connectivity index (χ1v) is 8.90. The summed E-state index contributed by atoms with van der Waals surface area (Å²) < 4.78 is 5.86. The summed E-state index contributed by atoms with van der Waals surface area (Å²) in [6.45, 7) is 3.68. The number of para-hydroxylation sites is 1. The molecule has 0 amide bonds. The first-order valence-electron chi connectivity index (χ1n) is 8.90. The number of rotatable bonds is 9. The topological polar surface area (TPSA) is 74.3 Å². The maximum Gasteiger partial charge on any atom is 0.150 e. The van der Waals surface area contributed by atoms with Gasteiger partial charge < -0.3 is 20.1 Å². The fraction of sp³-hybridized carbons (Fsp3) is 0.286. The fourth-order valence-electron chi connectivity index (χ4n) is 2.93. The van der Waals surface area contributed by atoms with E-state index in [1.807, 2.05) is 42.5 Å². The van der Waals surface area contributed by atoms with Crippen LogP contribution in [0, 0.1) is 0 Å². The van der Waals surface area contributed by atoms with E-state index in [4.69, 9.17) is 4.74 Å². The molecule has 0 bridgehead atoms. The van der Waals surface area contributed by atoms with Crippen LogP contribution in [0.3, 0.4) is 0 Å². The summed E-state index contributed by atoms with van der Waals surface area (Å²) in [6.07, 6.45) is 1.32. The van der Waals surface area contributed by atoms with Crippen LogP contribution in [0.4, 0.5) is 0 Å². The second-order valence-corrected chi connectivity index (χ2v) is 6.27. The number of fused-ring (bicyclic) bond motifs is 1. The number of aromatic amines is 1. The maximum atomic E-state index is 11.2. The van der Waals surface area contributed by atoms with Gasteiger partial charge >= 0.3 is 0 Å². The second kappa shape index (κ2) is 8.65. The molecule has 0 saturated carbocycles. The van der Waals surface area contributed by atoms with Crippen molar-refractivity contribution in [3.63, 3.8) is 0 Å². The highest BCUT2D eigenvalue weighted by Crippen LogP contribution is 2.32. The Morgan fingerprint density at radius 3 is 2.88 bits per heavy atom. The quantitative estimate of drug-likeness (QED) is 0.408. The molecular formula is C21H24N2O3. The second-order valence-electron chi connectivity index (χ2n) is 6.27. The standard InChI is InChI=1S/C21H24N2O3/c1-2-10-22-12-16(25)14-26-21-9-4-3-7-17(21)20-11-18-15(13-24)6-5-8-19(18)23-20/h3-9,11,13,16,22-23,25H,2,10,12,14H2,1H3. The predicted octanol–water partition coefficient (Wildman–Crippen LogP) is 3.39. The van der Waals surface area contributed by atoms with Gasteiger partial charge in [0.05, 0.1) is 5.69 Å². The van der Waals surface area contributed by atoms with E-state index in [2.05, 4.69) is 17.2 Å². The number of nitrogens with one attached hydrogen (secondary N) is 2. The van der Waals surface area contributed by atoms with Crippen LogP contribution in [-0.4, -0.2) is 42.2 Å². The summed E-state index contributed by atoms with van der Waals surface area (Å²) >= 11 is 0. The third kappa shape index (κ3) is 4.12. The number of aliphatic hydroxyl groups excluding tert-OH is 1. The van der Waals surface area contributed by atoms with E-state index in [-0.39, 0.29) is 6.61 Å². The predicted molar refractivity (Wildman–Crippen MR) is 104 cm³/mol. The summed E-state index contributed by atoms with van der Waals surface area (Å²) in [5.41, 5.74) is 3.33. The first kappa shape index (κ1) is 18.2. The van der Waals surface area contributed by atoms with Crippen LogP contribution in [0.1, 0.15) is 23.7 Å². The lowest BCUT2D eigenvalue weighted by Gasteiger charge is -2.15. The van der Waals surface area contributed by atoms with E-state index in [9.17, 15) is 9.90 Å². The number of ether oxygens (including phenoxy) is 1. The Hall–Kier alpha value is -2.63. The van der Waals surface area contributed by atoms with Crippen molar-refractivity contribution >= 4 is 17.2 Å². The zero-order chi connectivity index (χ0) is 18.4. The number of carbonyl (C=O) groups is 1. The zero-order valence-corrected chi connectivity index (χ0v) is 14.9. The molecule has 0 saturated heterocycles. The van der Waals surface area contributed by atoms with Crippen molar-refractivity contribution in [2.75, 3.05) is 19.7 Å². The van der Waals surface area contributed by atoms with E-state index in [0.717, 1.165) is 41.4 Å². The molecule has 3 aromatic rings. The summed E-state index contributed by atoms with van der Waals surface area (Å²) in [6, 6.07) is 15.2. The highest BCUT2D eigenvalue weighted by molar-refractivity contribution is 5.99. The van der Waals surface area contributed by atoms with E-state index < -0.39 is 6.10 Å². The summed E-state index contributed by atoms with van der Waals surface area (Å²) in [4.78, 5) is 14.6. The highest BCUT2D eigenvalue weighted by atomic mass is 16.5. The molecule has 26 heavy (non-hydrogen) atoms. The van der Waals surface area contributed by atoms with Crippen molar-refractivity contribution in [1.82, 2.24) is 10.3 Å². The van der Waals surface area contributed by atoms with Gasteiger partial charge in [0, 0.05) is 28.6 Å². The maximum absolute atomic E-state index is 11.2. The van der Waals surface area contributed by atoms with Gasteiger partial charge in [-0.2, -0.15) is 0 Å². The van der Waals surface area contributed by atoms with Crippen LogP contribution < -0.4 is 10.1 Å². The summed E-state index contributed by atoms with van der Waals surface area (Å²) in [5.74, 6) is 0.696. The Labute approximate surface area is 153 Å². The van der Waals surface area contributed by atoms with Gasteiger partial charge in [0.1, 0.15) is 18.5 Å². The van der Waals surface area contributed by atoms with Gasteiger partial charge in [-0.3, -0.25) is 4.79 Å². The number of aliphatic hydroxyl groups is 1. The normalized spacial score (nSPS) is 12.2. The Morgan fingerprint density at radius 2 is 2.08 bits per heavy atom. The van der Waals surface area contributed by atoms with Crippen LogP contribution in [0.25, 0.3) is 22.2 Å². The molecule has 3 N–H and O–H groups in total. The minimum absolute atomic E-state index is 0.216. The van der Waals surface area contributed by atoms with Gasteiger partial charge in [-0.25, -0.2) is 0 Å². The Bertz CT molecular complexity index is 873. The van der Waals surface area contributed by atoms with Crippen LogP contribution in [0.15, 0.2) is 48.5 Å². The van der Waals surface area contributed by atoms with Crippen LogP contribution in [0.5, 0.6) is 5.75 Å². The van der Waals surface area contributed by atoms with Gasteiger partial charge in [-0.1, -0.05) is 31.2 Å². The molecule has 1 heterocycles. The van der Waals surface area contributed by atoms with E-state index in [0.29, 0.717) is 17.9 Å². The lowest BCUT2D eigenvalue weighted by atomic mass is 10.1. The molecule has 0 fully saturated rings. The molecule has 5 nitrogen and oxygen atoms in total. The number of carbonyl (C=O) groups excluding carboxylic acids is 1. The smallest absolute Gasteiger partial charge is 0.150 e. The van der Waals surface area contributed by atoms with Crippen molar-refractivity contribution < 1.29 is 14.6 Å². The Kier molecular flexibility index (Phi) is 6.04. The Balaban J connectivity index is 1.80. The largest absolute Gasteiger partial charge is 0.490 e. The third-order valence-electron chi connectivity index (χ3n) is 4.24. The summed E-state index contributed by atoms with van der Waals surface area (Å²) in [7, 11) is 0. The van der Waals surface area contributed by atoms with E-state index in [1.165, 1.54) is 0 Å². The minimum atomic E-state index is -0.570. The van der Waals surface area contributed by atoms with Gasteiger partial charge in [0.25, 0.3) is 0 Å². The molecule has 0 spiro atoms. The molecule has 1 atom stereocenters. The van der Waals surface area contributed by atoms with Crippen molar-refractivity contribution in [2.45, 2.75) is 19.4 Å². The number of H-pyrrole nitrogens is 1. The number of aromatic nitrogens is 1. The lowest BCUT2D eigenvalue weighted by Crippen LogP contribution is -2.31. The Morgan fingerprint density at radius 1 is 1.23 bits per heavy atom. The number of aldehydes is 1. The van der Waals surface area contributed by atoms with Crippen molar-refractivity contribution in [2.24, 2.45) is 0 Å². The molecule has 5 heteroatoms. The molecule has 0 radical (unpaired) electrons. The highest BCUT2D eigenvalue weighted by Gasteiger charge is 2.12. The average Bonchev–Trinajstić information content (AvgIpc) is 3.11. The van der Waals surface area contributed by atoms with Crippen LogP contribution >= 0.6 is 0 Å². The summed E-state index contributed by atoms with van der Waals surface area (Å²) in [5, 5.41) is 14.1. The molecule has 0 aliphatic rings. The molecule has 2 aromatic carbocycles. The van der Waals surface area contributed by atoms with E-state index in [1.54, 1.807) is 6.07 Å². The van der Waals surface area contributed by atoms with E-state index >= 15 is 0 Å². The van der Waals surface area contributed by atoms with Crippen LogP contribution in [0.2, 0.25) is 0 Å². The van der Waals surface area contributed by atoms with Crippen molar-refractivity contribution in [3.8, 4) is 17.0 Å². The average molecular weight is 352 g/mol. The molecule has 136 valence electrons. The zero-order valence-electron chi connectivity index (χ0n) is 14.9. The fourth-order valence-corrected chi connectivity index (χ4v) is 2.93. The number of hydrogen-bond acceptors (Lipinski definition) is 4. The molecule has 0 aliphatic carbocycles. The minimum Gasteiger partial charge on any atom is -0.490 e. The molecule has 1 aromatic heterocycles. The van der Waals surface area contributed by atoms with Gasteiger partial charge in [0.15, 0.2) is 6.29 Å².